The maximum absolute atomic E-state index is 11.1. The van der Waals surface area contributed by atoms with Gasteiger partial charge in [0.05, 0.1) is 11.5 Å². The Balaban J connectivity index is 1.91. The van der Waals surface area contributed by atoms with Crippen LogP contribution in [0.3, 0.4) is 0 Å². The summed E-state index contributed by atoms with van der Waals surface area (Å²) in [5.74, 6) is 2.55. The van der Waals surface area contributed by atoms with E-state index in [1.54, 1.807) is 6.07 Å². The molecule has 0 bridgehead atoms. The van der Waals surface area contributed by atoms with Crippen LogP contribution >= 0.6 is 11.6 Å². The summed E-state index contributed by atoms with van der Waals surface area (Å²) in [5.41, 5.74) is 6.01. The van der Waals surface area contributed by atoms with Crippen LogP contribution in [0.1, 0.15) is 12.0 Å². The summed E-state index contributed by atoms with van der Waals surface area (Å²) in [6.07, 6.45) is 2.56. The number of nitrogens with zero attached hydrogens (tertiary/aromatic N) is 3. The maximum Gasteiger partial charge on any atom is 0.292 e. The van der Waals surface area contributed by atoms with E-state index in [0.717, 1.165) is 38.7 Å². The van der Waals surface area contributed by atoms with Crippen LogP contribution in [0.2, 0.25) is 17.7 Å². The van der Waals surface area contributed by atoms with Crippen molar-refractivity contribution in [3.63, 3.8) is 0 Å². The Morgan fingerprint density at radius 3 is 2.76 bits per heavy atom. The lowest BCUT2D eigenvalue weighted by atomic mass is 9.45. The summed E-state index contributed by atoms with van der Waals surface area (Å²) < 4.78 is 5.64. The Bertz CT molecular complexity index is 699. The van der Waals surface area contributed by atoms with Crippen LogP contribution in [0.25, 0.3) is 5.70 Å². The van der Waals surface area contributed by atoms with Gasteiger partial charge in [0, 0.05) is 29.8 Å². The minimum atomic E-state index is -0.568. The Morgan fingerprint density at radius 2 is 2.20 bits per heavy atom. The molecule has 0 aliphatic carbocycles. The lowest BCUT2D eigenvalue weighted by Gasteiger charge is -2.27. The van der Waals surface area contributed by atoms with E-state index in [0.29, 0.717) is 12.2 Å². The molecule has 1 aromatic rings. The number of nitro groups is 1. The summed E-state index contributed by atoms with van der Waals surface area (Å²) in [6, 6.07) is 2.85. The van der Waals surface area contributed by atoms with Gasteiger partial charge in [-0.1, -0.05) is 18.2 Å². The minimum Gasteiger partial charge on any atom is -0.492 e. The van der Waals surface area contributed by atoms with Crippen molar-refractivity contribution in [1.29, 1.82) is 5.26 Å². The summed E-state index contributed by atoms with van der Waals surface area (Å²) in [4.78, 5) is 12.8. The lowest BCUT2D eigenvalue weighted by Crippen LogP contribution is -2.37. The number of nitriles is 1. The second-order valence-corrected chi connectivity index (χ2v) is 6.41. The third-order valence-corrected chi connectivity index (χ3v) is 4.61. The third kappa shape index (κ3) is 5.12. The molecule has 0 unspecified atom stereocenters. The Hall–Kier alpha value is -2.24. The normalized spacial score (nSPS) is 14.8. The first-order chi connectivity index (χ1) is 11.9. The summed E-state index contributed by atoms with van der Waals surface area (Å²) in [5, 5.41) is 20.0. The van der Waals surface area contributed by atoms with Crippen LogP contribution in [0, 0.1) is 21.3 Å². The molecule has 0 aromatic heterocycles. The molecule has 1 heterocycles. The molecule has 132 valence electrons. The third-order valence-electron chi connectivity index (χ3n) is 4.23. The number of hydrogen-bond acceptors (Lipinski definition) is 6. The number of nitrogens with two attached hydrogens (primary N) is 1. The van der Waals surface area contributed by atoms with E-state index in [2.05, 4.69) is 17.4 Å². The van der Waals surface area contributed by atoms with Crippen molar-refractivity contribution in [2.45, 2.75) is 19.1 Å². The van der Waals surface area contributed by atoms with Crippen molar-refractivity contribution in [2.24, 2.45) is 5.73 Å². The molecule has 2 N–H and O–H groups in total. The van der Waals surface area contributed by atoms with Gasteiger partial charge in [-0.15, -0.1) is 0 Å². The van der Waals surface area contributed by atoms with Gasteiger partial charge in [0.1, 0.15) is 5.75 Å². The first kappa shape index (κ1) is 19.1. The fraction of sp³-hybridized carbons (Fsp3) is 0.438. The van der Waals surface area contributed by atoms with Crippen LogP contribution in [-0.4, -0.2) is 42.8 Å². The zero-order chi connectivity index (χ0) is 18.4. The van der Waals surface area contributed by atoms with Gasteiger partial charge in [-0.25, -0.2) is 5.26 Å². The van der Waals surface area contributed by atoms with Gasteiger partial charge in [-0.05, 0) is 38.2 Å². The lowest BCUT2D eigenvalue weighted by molar-refractivity contribution is -0.384. The highest BCUT2D eigenvalue weighted by Gasteiger charge is 2.22. The molecule has 1 aliphatic heterocycles. The monoisotopic (exact) mass is 362 g/mol. The second kappa shape index (κ2) is 8.74. The quantitative estimate of drug-likeness (QED) is 0.346. The molecule has 0 radical (unpaired) electrons. The van der Waals surface area contributed by atoms with Crippen molar-refractivity contribution in [3.05, 3.63) is 39.4 Å². The van der Waals surface area contributed by atoms with E-state index in [1.807, 2.05) is 0 Å². The second-order valence-electron chi connectivity index (χ2n) is 6.04. The average Bonchev–Trinajstić information content (AvgIpc) is 2.59. The smallest absolute Gasteiger partial charge is 0.292 e. The van der Waals surface area contributed by atoms with Gasteiger partial charge in [-0.3, -0.25) is 10.1 Å². The van der Waals surface area contributed by atoms with Gasteiger partial charge < -0.3 is 15.4 Å². The van der Waals surface area contributed by atoms with E-state index in [-0.39, 0.29) is 28.9 Å². The molecule has 25 heavy (non-hydrogen) atoms. The number of benzene rings is 1. The zero-order valence-electron chi connectivity index (χ0n) is 13.9. The maximum atomic E-state index is 11.1. The topological polar surface area (TPSA) is 105 Å². The number of nitro benzene ring substituents is 1. The van der Waals surface area contributed by atoms with Crippen LogP contribution in [0.4, 0.5) is 5.69 Å². The summed E-state index contributed by atoms with van der Waals surface area (Å²) >= 11 is 6.06. The largest absolute Gasteiger partial charge is 0.492 e. The summed E-state index contributed by atoms with van der Waals surface area (Å²) in [6.45, 7) is 6.81. The van der Waals surface area contributed by atoms with E-state index in [1.165, 1.54) is 6.07 Å². The average molecular weight is 363 g/mol. The Morgan fingerprint density at radius 1 is 1.52 bits per heavy atom. The molecule has 7 nitrogen and oxygen atoms in total. The van der Waals surface area contributed by atoms with Gasteiger partial charge >= 0.3 is 0 Å². The van der Waals surface area contributed by atoms with Crippen molar-refractivity contribution in [1.82, 2.24) is 4.90 Å². The minimum absolute atomic E-state index is 0.0372. The van der Waals surface area contributed by atoms with Crippen LogP contribution < -0.4 is 10.5 Å². The first-order valence-corrected chi connectivity index (χ1v) is 8.47. The molecular weight excluding hydrogens is 342 g/mol. The number of rotatable bonds is 7. The van der Waals surface area contributed by atoms with Crippen molar-refractivity contribution in [3.8, 4) is 11.7 Å². The van der Waals surface area contributed by atoms with Gasteiger partial charge in [0.15, 0.2) is 5.02 Å². The first-order valence-electron chi connectivity index (χ1n) is 8.09. The molecule has 0 amide bonds. The van der Waals surface area contributed by atoms with Crippen molar-refractivity contribution >= 4 is 29.7 Å². The molecule has 1 fully saturated rings. The highest BCUT2D eigenvalue weighted by Crippen LogP contribution is 2.36. The van der Waals surface area contributed by atoms with Crippen molar-refractivity contribution in [2.75, 3.05) is 26.2 Å². The van der Waals surface area contributed by atoms with Crippen LogP contribution in [-0.2, 0) is 0 Å². The van der Waals surface area contributed by atoms with Gasteiger partial charge in [0.2, 0.25) is 0 Å². The van der Waals surface area contributed by atoms with Gasteiger partial charge in [0.25, 0.3) is 12.4 Å². The zero-order valence-corrected chi connectivity index (χ0v) is 14.7. The molecule has 2 rings (SSSR count). The fourth-order valence-electron chi connectivity index (χ4n) is 2.76. The molecule has 0 saturated carbocycles. The Kier molecular flexibility index (Phi) is 6.68. The SMILES string of the molecule is C=C(N)c1cc(OCCCN2CCB(C#N)CC2)c(Cl)c([N+](=O)[O-])c1. The highest BCUT2D eigenvalue weighted by molar-refractivity contribution is 6.67. The molecular formula is C16H20BClN4O3. The van der Waals surface area contributed by atoms with E-state index in [4.69, 9.17) is 27.3 Å². The molecule has 1 saturated heterocycles. The predicted octanol–water partition coefficient (Wildman–Crippen LogP) is 2.82. The molecule has 9 heteroatoms. The molecule has 1 aromatic carbocycles. The molecule has 1 aliphatic rings. The van der Waals surface area contributed by atoms with E-state index >= 15 is 0 Å². The van der Waals surface area contributed by atoms with Crippen LogP contribution in [0.15, 0.2) is 18.7 Å². The number of halogens is 1. The Labute approximate surface area is 152 Å². The van der Waals surface area contributed by atoms with Crippen LogP contribution in [0.5, 0.6) is 5.75 Å². The van der Waals surface area contributed by atoms with Crippen molar-refractivity contribution < 1.29 is 9.66 Å². The van der Waals surface area contributed by atoms with E-state index < -0.39 is 4.92 Å². The summed E-state index contributed by atoms with van der Waals surface area (Å²) in [7, 11) is 0. The van der Waals surface area contributed by atoms with Gasteiger partial charge in [-0.2, -0.15) is 0 Å². The predicted molar refractivity (Wildman–Crippen MR) is 98.9 cm³/mol. The fourth-order valence-corrected chi connectivity index (χ4v) is 3.00. The standard InChI is InChI=1S/C16H20BClN4O3/c1-12(20)13-9-14(22(23)24)16(18)15(10-13)25-8-2-5-21-6-3-17(11-19)4-7-21/h9-10H,1-8,20H2. The number of ether oxygens (including phenoxy) is 1. The highest BCUT2D eigenvalue weighted by atomic mass is 35.5. The number of hydrogen-bond donors (Lipinski definition) is 1. The molecule has 0 atom stereocenters. The van der Waals surface area contributed by atoms with E-state index in [9.17, 15) is 10.1 Å². The molecule has 0 spiro atoms.